The number of hydrogen-bond donors (Lipinski definition) is 3. The second kappa shape index (κ2) is 6.43. The average Bonchev–Trinajstić information content (AvgIpc) is 2.29. The molecular weight excluding hydrogens is 301 g/mol. The van der Waals surface area contributed by atoms with Gasteiger partial charge in [-0.2, -0.15) is 13.2 Å². The summed E-state index contributed by atoms with van der Waals surface area (Å²) in [6.45, 7) is 4.17. The normalized spacial score (nSPS) is 13.6. The van der Waals surface area contributed by atoms with Gasteiger partial charge in [-0.3, -0.25) is 5.32 Å². The van der Waals surface area contributed by atoms with E-state index in [2.05, 4.69) is 5.32 Å². The first-order chi connectivity index (χ1) is 9.94. The summed E-state index contributed by atoms with van der Waals surface area (Å²) in [7, 11) is 0. The summed E-state index contributed by atoms with van der Waals surface area (Å²) in [5, 5.41) is 11.7. The molecule has 1 amide bonds. The zero-order chi connectivity index (χ0) is 17.1. The lowest BCUT2D eigenvalue weighted by molar-refractivity contribution is -0.148. The molecule has 1 aromatic rings. The van der Waals surface area contributed by atoms with Gasteiger partial charge in [0.15, 0.2) is 0 Å². The Bertz CT molecular complexity index is 539. The minimum atomic E-state index is -4.60. The number of carbonyl (C=O) groups is 1. The van der Waals surface area contributed by atoms with Gasteiger partial charge in [0.25, 0.3) is 0 Å². The second-order valence-electron chi connectivity index (χ2n) is 5.73. The SMILES string of the molecule is CC(C)(C)OC(=O)Nc1ccc(O)cc1C(CN)C(F)(F)F. The first kappa shape index (κ1) is 18.1. The summed E-state index contributed by atoms with van der Waals surface area (Å²) in [5.41, 5.74) is 3.97. The number of halogens is 3. The van der Waals surface area contributed by atoms with E-state index in [4.69, 9.17) is 10.5 Å². The molecule has 0 radical (unpaired) electrons. The Balaban J connectivity index is 3.13. The number of amides is 1. The van der Waals surface area contributed by atoms with Crippen LogP contribution in [-0.2, 0) is 4.74 Å². The fourth-order valence-corrected chi connectivity index (χ4v) is 1.80. The third kappa shape index (κ3) is 5.10. The van der Waals surface area contributed by atoms with Crippen LogP contribution in [0.15, 0.2) is 18.2 Å². The van der Waals surface area contributed by atoms with Gasteiger partial charge in [0.2, 0.25) is 0 Å². The van der Waals surface area contributed by atoms with E-state index in [1.807, 2.05) is 0 Å². The highest BCUT2D eigenvalue weighted by Crippen LogP contribution is 2.39. The lowest BCUT2D eigenvalue weighted by atomic mass is 9.96. The monoisotopic (exact) mass is 320 g/mol. The predicted octanol–water partition coefficient (Wildman–Crippen LogP) is 3.34. The van der Waals surface area contributed by atoms with Gasteiger partial charge >= 0.3 is 12.3 Å². The fourth-order valence-electron chi connectivity index (χ4n) is 1.80. The maximum Gasteiger partial charge on any atom is 0.412 e. The van der Waals surface area contributed by atoms with Crippen molar-refractivity contribution < 1.29 is 27.8 Å². The highest BCUT2D eigenvalue weighted by molar-refractivity contribution is 5.86. The number of nitrogens with two attached hydrogens (primary N) is 1. The van der Waals surface area contributed by atoms with Gasteiger partial charge in [-0.25, -0.2) is 4.79 Å². The van der Waals surface area contributed by atoms with Crippen molar-refractivity contribution in [2.75, 3.05) is 11.9 Å². The Labute approximate surface area is 126 Å². The standard InChI is InChI=1S/C14H19F3N2O3/c1-13(2,3)22-12(21)19-11-5-4-8(20)6-9(11)10(7-18)14(15,16)17/h4-6,10,20H,7,18H2,1-3H3,(H,19,21). The largest absolute Gasteiger partial charge is 0.508 e. The highest BCUT2D eigenvalue weighted by Gasteiger charge is 2.41. The molecule has 1 rings (SSSR count). The Morgan fingerprint density at radius 2 is 1.95 bits per heavy atom. The molecule has 0 spiro atoms. The molecule has 0 saturated heterocycles. The summed E-state index contributed by atoms with van der Waals surface area (Å²) in [5.74, 6) is -2.36. The van der Waals surface area contributed by atoms with E-state index >= 15 is 0 Å². The lowest BCUT2D eigenvalue weighted by Gasteiger charge is -2.24. The first-order valence-corrected chi connectivity index (χ1v) is 6.53. The van der Waals surface area contributed by atoms with Crippen LogP contribution in [0.3, 0.4) is 0 Å². The van der Waals surface area contributed by atoms with Crippen LogP contribution < -0.4 is 11.1 Å². The Kier molecular flexibility index (Phi) is 5.29. The number of aromatic hydroxyl groups is 1. The van der Waals surface area contributed by atoms with Gasteiger partial charge < -0.3 is 15.6 Å². The van der Waals surface area contributed by atoms with E-state index in [9.17, 15) is 23.1 Å². The van der Waals surface area contributed by atoms with Crippen LogP contribution in [0.1, 0.15) is 32.3 Å². The summed E-state index contributed by atoms with van der Waals surface area (Å²) >= 11 is 0. The van der Waals surface area contributed by atoms with Crippen LogP contribution in [0.5, 0.6) is 5.75 Å². The summed E-state index contributed by atoms with van der Waals surface area (Å²) in [6.07, 6.45) is -5.50. The molecule has 4 N–H and O–H groups in total. The molecule has 22 heavy (non-hydrogen) atoms. The maximum atomic E-state index is 13.0. The van der Waals surface area contributed by atoms with E-state index in [0.717, 1.165) is 6.07 Å². The smallest absolute Gasteiger partial charge is 0.412 e. The molecular formula is C14H19F3N2O3. The van der Waals surface area contributed by atoms with Gasteiger partial charge in [-0.05, 0) is 44.5 Å². The molecule has 8 heteroatoms. The van der Waals surface area contributed by atoms with E-state index in [-0.39, 0.29) is 17.0 Å². The number of hydrogen-bond acceptors (Lipinski definition) is 4. The average molecular weight is 320 g/mol. The minimum absolute atomic E-state index is 0.111. The van der Waals surface area contributed by atoms with Crippen LogP contribution >= 0.6 is 0 Å². The van der Waals surface area contributed by atoms with Gasteiger partial charge in [0.05, 0.1) is 5.92 Å². The van der Waals surface area contributed by atoms with Crippen molar-refractivity contribution >= 4 is 11.8 Å². The summed E-state index contributed by atoms with van der Waals surface area (Å²) in [6, 6.07) is 3.26. The Morgan fingerprint density at radius 1 is 1.36 bits per heavy atom. The van der Waals surface area contributed by atoms with Crippen LogP contribution in [0.25, 0.3) is 0 Å². The number of phenolic OH excluding ortho intramolecular Hbond substituents is 1. The molecule has 124 valence electrons. The van der Waals surface area contributed by atoms with Gasteiger partial charge in [-0.1, -0.05) is 0 Å². The second-order valence-corrected chi connectivity index (χ2v) is 5.73. The summed E-state index contributed by atoms with van der Waals surface area (Å²) in [4.78, 5) is 11.7. The van der Waals surface area contributed by atoms with Gasteiger partial charge in [-0.15, -0.1) is 0 Å². The van der Waals surface area contributed by atoms with Crippen molar-refractivity contribution in [2.45, 2.75) is 38.5 Å². The van der Waals surface area contributed by atoms with Crippen molar-refractivity contribution in [3.63, 3.8) is 0 Å². The van der Waals surface area contributed by atoms with Crippen molar-refractivity contribution in [1.29, 1.82) is 0 Å². The molecule has 0 bridgehead atoms. The predicted molar refractivity (Wildman–Crippen MR) is 75.8 cm³/mol. The molecule has 1 aromatic carbocycles. The highest BCUT2D eigenvalue weighted by atomic mass is 19.4. The molecule has 0 saturated carbocycles. The Hall–Kier alpha value is -1.96. The minimum Gasteiger partial charge on any atom is -0.508 e. The molecule has 1 unspecified atom stereocenters. The van der Waals surface area contributed by atoms with Crippen molar-refractivity contribution in [2.24, 2.45) is 5.73 Å². The molecule has 0 fully saturated rings. The van der Waals surface area contributed by atoms with Crippen molar-refractivity contribution in [1.82, 2.24) is 0 Å². The number of rotatable bonds is 3. The number of carbonyl (C=O) groups excluding carboxylic acids is 1. The zero-order valence-electron chi connectivity index (χ0n) is 12.5. The number of alkyl halides is 3. The van der Waals surface area contributed by atoms with E-state index in [1.54, 1.807) is 20.8 Å². The molecule has 1 atom stereocenters. The van der Waals surface area contributed by atoms with E-state index in [1.165, 1.54) is 12.1 Å². The molecule has 0 aliphatic carbocycles. The maximum absolute atomic E-state index is 13.0. The first-order valence-electron chi connectivity index (χ1n) is 6.53. The zero-order valence-corrected chi connectivity index (χ0v) is 12.5. The number of phenols is 1. The summed E-state index contributed by atoms with van der Waals surface area (Å²) < 4.78 is 44.1. The van der Waals surface area contributed by atoms with Gasteiger partial charge in [0.1, 0.15) is 11.4 Å². The third-order valence-electron chi connectivity index (χ3n) is 2.68. The van der Waals surface area contributed by atoms with E-state index in [0.29, 0.717) is 0 Å². The lowest BCUT2D eigenvalue weighted by Crippen LogP contribution is -2.31. The van der Waals surface area contributed by atoms with Crippen LogP contribution in [-0.4, -0.2) is 29.5 Å². The molecule has 0 heterocycles. The molecule has 0 aliphatic heterocycles. The Morgan fingerprint density at radius 3 is 2.41 bits per heavy atom. The van der Waals surface area contributed by atoms with Crippen LogP contribution in [0.2, 0.25) is 0 Å². The molecule has 0 aliphatic rings. The van der Waals surface area contributed by atoms with Crippen LogP contribution in [0.4, 0.5) is 23.7 Å². The number of ether oxygens (including phenoxy) is 1. The third-order valence-corrected chi connectivity index (χ3v) is 2.68. The fraction of sp³-hybridized carbons (Fsp3) is 0.500. The topological polar surface area (TPSA) is 84.6 Å². The quantitative estimate of drug-likeness (QED) is 0.746. The number of nitrogens with one attached hydrogen (secondary N) is 1. The molecule has 0 aromatic heterocycles. The van der Waals surface area contributed by atoms with Crippen molar-refractivity contribution in [3.05, 3.63) is 23.8 Å². The van der Waals surface area contributed by atoms with E-state index < -0.39 is 30.3 Å². The van der Waals surface area contributed by atoms with Gasteiger partial charge in [0, 0.05) is 12.2 Å². The number of anilines is 1. The molecule has 5 nitrogen and oxygen atoms in total. The van der Waals surface area contributed by atoms with Crippen LogP contribution in [0, 0.1) is 0 Å². The number of benzene rings is 1. The van der Waals surface area contributed by atoms with Crippen molar-refractivity contribution in [3.8, 4) is 5.75 Å².